The summed E-state index contributed by atoms with van der Waals surface area (Å²) in [5.74, 6) is 0. The molecule has 1 rings (SSSR count). The van der Waals surface area contributed by atoms with Crippen molar-refractivity contribution in [2.45, 2.75) is 54.2 Å². The lowest BCUT2D eigenvalue weighted by molar-refractivity contribution is 0.0912. The number of nitrogens with zero attached hydrogens (tertiary/aromatic N) is 2. The first-order chi connectivity index (χ1) is 7.85. The molecule has 0 aliphatic carbocycles. The molecule has 0 unspecified atom stereocenters. The summed E-state index contributed by atoms with van der Waals surface area (Å²) in [6.45, 7) is 13.1. The molecule has 0 saturated carbocycles. The minimum atomic E-state index is 0.331. The maximum absolute atomic E-state index is 5.74. The van der Waals surface area contributed by atoms with Gasteiger partial charge in [0.1, 0.15) is 0 Å². The third kappa shape index (κ3) is 4.43. The predicted octanol–water partition coefficient (Wildman–Crippen LogP) is 3.93. The van der Waals surface area contributed by atoms with Crippen molar-refractivity contribution in [3.05, 3.63) is 15.9 Å². The molecule has 1 heterocycles. The largest absolute Gasteiger partial charge is 0.375 e. The van der Waals surface area contributed by atoms with Gasteiger partial charge in [-0.05, 0) is 41.6 Å². The predicted molar refractivity (Wildman–Crippen MR) is 74.1 cm³/mol. The van der Waals surface area contributed by atoms with Crippen LogP contribution in [-0.4, -0.2) is 16.4 Å². The van der Waals surface area contributed by atoms with Crippen molar-refractivity contribution >= 4 is 15.9 Å². The molecule has 0 aliphatic rings. The van der Waals surface area contributed by atoms with E-state index in [1.54, 1.807) is 0 Å². The molecule has 0 atom stereocenters. The number of aromatic nitrogens is 2. The second-order valence-corrected chi connectivity index (χ2v) is 6.32. The number of halogens is 1. The minimum absolute atomic E-state index is 0.331. The smallest absolute Gasteiger partial charge is 0.0896 e. The van der Waals surface area contributed by atoms with Crippen LogP contribution >= 0.6 is 15.9 Å². The van der Waals surface area contributed by atoms with Crippen LogP contribution in [0.2, 0.25) is 0 Å². The molecule has 0 radical (unpaired) electrons. The summed E-state index contributed by atoms with van der Waals surface area (Å²) in [6, 6.07) is 0. The van der Waals surface area contributed by atoms with E-state index in [2.05, 4.69) is 48.7 Å². The van der Waals surface area contributed by atoms with Crippen molar-refractivity contribution < 1.29 is 4.74 Å². The molecule has 0 fully saturated rings. The molecule has 17 heavy (non-hydrogen) atoms. The van der Waals surface area contributed by atoms with Crippen LogP contribution in [0.3, 0.4) is 0 Å². The van der Waals surface area contributed by atoms with E-state index in [4.69, 9.17) is 4.74 Å². The monoisotopic (exact) mass is 302 g/mol. The number of ether oxygens (including phenoxy) is 1. The van der Waals surface area contributed by atoms with Gasteiger partial charge < -0.3 is 4.74 Å². The second-order valence-electron chi connectivity index (χ2n) is 5.53. The molecular formula is C13H23BrN2O. The van der Waals surface area contributed by atoms with E-state index in [1.165, 1.54) is 0 Å². The summed E-state index contributed by atoms with van der Waals surface area (Å²) in [4.78, 5) is 0. The van der Waals surface area contributed by atoms with Gasteiger partial charge in [-0.15, -0.1) is 0 Å². The van der Waals surface area contributed by atoms with Gasteiger partial charge in [0.05, 0.1) is 22.5 Å². The number of hydrogen-bond acceptors (Lipinski definition) is 2. The van der Waals surface area contributed by atoms with Gasteiger partial charge in [0.15, 0.2) is 0 Å². The molecule has 0 aromatic carbocycles. The molecule has 0 amide bonds. The van der Waals surface area contributed by atoms with Crippen molar-refractivity contribution in [1.29, 1.82) is 0 Å². The Kier molecular flexibility index (Phi) is 5.20. The van der Waals surface area contributed by atoms with Gasteiger partial charge in [0.25, 0.3) is 0 Å². The van der Waals surface area contributed by atoms with Gasteiger partial charge in [0, 0.05) is 13.2 Å². The van der Waals surface area contributed by atoms with Crippen LogP contribution in [0, 0.1) is 12.3 Å². The standard InChI is InChI=1S/C13H23BrN2O/c1-6-16-11(12(14)10(2)15-16)9-17-8-7-13(3,4)5/h6-9H2,1-5H3. The zero-order chi connectivity index (χ0) is 13.1. The highest BCUT2D eigenvalue weighted by Gasteiger charge is 2.13. The number of hydrogen-bond donors (Lipinski definition) is 0. The Morgan fingerprint density at radius 2 is 2.00 bits per heavy atom. The third-order valence-electron chi connectivity index (χ3n) is 2.69. The maximum Gasteiger partial charge on any atom is 0.0896 e. The van der Waals surface area contributed by atoms with E-state index in [0.717, 1.165) is 35.4 Å². The molecule has 0 saturated heterocycles. The third-order valence-corrected chi connectivity index (χ3v) is 3.72. The lowest BCUT2D eigenvalue weighted by Crippen LogP contribution is -2.11. The quantitative estimate of drug-likeness (QED) is 0.771. The Bertz CT molecular complexity index is 366. The molecule has 1 aromatic rings. The van der Waals surface area contributed by atoms with Gasteiger partial charge in [-0.25, -0.2) is 0 Å². The van der Waals surface area contributed by atoms with E-state index in [-0.39, 0.29) is 0 Å². The fourth-order valence-electron chi connectivity index (χ4n) is 1.55. The van der Waals surface area contributed by atoms with Gasteiger partial charge in [-0.3, -0.25) is 4.68 Å². The van der Waals surface area contributed by atoms with E-state index < -0.39 is 0 Å². The molecule has 1 aromatic heterocycles. The summed E-state index contributed by atoms with van der Waals surface area (Å²) >= 11 is 3.57. The van der Waals surface area contributed by atoms with Gasteiger partial charge >= 0.3 is 0 Å². The first-order valence-electron chi connectivity index (χ1n) is 6.14. The topological polar surface area (TPSA) is 27.1 Å². The molecule has 98 valence electrons. The molecule has 4 heteroatoms. The highest BCUT2D eigenvalue weighted by Crippen LogP contribution is 2.23. The molecule has 0 aliphatic heterocycles. The Balaban J connectivity index is 2.52. The minimum Gasteiger partial charge on any atom is -0.375 e. The molecule has 3 nitrogen and oxygen atoms in total. The number of rotatable bonds is 5. The van der Waals surface area contributed by atoms with Gasteiger partial charge in [-0.1, -0.05) is 20.8 Å². The van der Waals surface area contributed by atoms with Crippen molar-refractivity contribution in [3.63, 3.8) is 0 Å². The van der Waals surface area contributed by atoms with Crippen LogP contribution in [0.1, 0.15) is 45.5 Å². The first kappa shape index (κ1) is 14.7. The summed E-state index contributed by atoms with van der Waals surface area (Å²) in [6.07, 6.45) is 1.07. The fourth-order valence-corrected chi connectivity index (χ4v) is 1.95. The van der Waals surface area contributed by atoms with Crippen LogP contribution in [0.4, 0.5) is 0 Å². The lowest BCUT2D eigenvalue weighted by Gasteiger charge is -2.17. The van der Waals surface area contributed by atoms with E-state index in [1.807, 2.05) is 11.6 Å². The normalized spacial score (nSPS) is 12.1. The Hall–Kier alpha value is -0.350. The summed E-state index contributed by atoms with van der Waals surface area (Å²) in [7, 11) is 0. The summed E-state index contributed by atoms with van der Waals surface area (Å²) in [5.41, 5.74) is 2.50. The number of aryl methyl sites for hydroxylation is 2. The van der Waals surface area contributed by atoms with E-state index >= 15 is 0 Å². The fraction of sp³-hybridized carbons (Fsp3) is 0.769. The molecule has 0 spiro atoms. The van der Waals surface area contributed by atoms with Crippen molar-refractivity contribution in [1.82, 2.24) is 9.78 Å². The highest BCUT2D eigenvalue weighted by atomic mass is 79.9. The van der Waals surface area contributed by atoms with Gasteiger partial charge in [-0.2, -0.15) is 5.10 Å². The molecule has 0 bridgehead atoms. The second kappa shape index (κ2) is 6.01. The molecule has 0 N–H and O–H groups in total. The SMILES string of the molecule is CCn1nc(C)c(Br)c1COCCC(C)(C)C. The maximum atomic E-state index is 5.74. The zero-order valence-electron chi connectivity index (χ0n) is 11.5. The Labute approximate surface area is 113 Å². The van der Waals surface area contributed by atoms with Crippen LogP contribution in [0.5, 0.6) is 0 Å². The molecular weight excluding hydrogens is 280 g/mol. The van der Waals surface area contributed by atoms with Crippen molar-refractivity contribution in [3.8, 4) is 0 Å². The van der Waals surface area contributed by atoms with Crippen LogP contribution in [-0.2, 0) is 17.9 Å². The van der Waals surface area contributed by atoms with Crippen molar-refractivity contribution in [2.75, 3.05) is 6.61 Å². The van der Waals surface area contributed by atoms with Crippen molar-refractivity contribution in [2.24, 2.45) is 5.41 Å². The van der Waals surface area contributed by atoms with E-state index in [0.29, 0.717) is 12.0 Å². The lowest BCUT2D eigenvalue weighted by atomic mass is 9.93. The average molecular weight is 303 g/mol. The summed E-state index contributed by atoms with van der Waals surface area (Å²) < 4.78 is 8.82. The van der Waals surface area contributed by atoms with Crippen LogP contribution in [0.25, 0.3) is 0 Å². The summed E-state index contributed by atoms with van der Waals surface area (Å²) in [5, 5.41) is 4.45. The van der Waals surface area contributed by atoms with E-state index in [9.17, 15) is 0 Å². The first-order valence-corrected chi connectivity index (χ1v) is 6.94. The van der Waals surface area contributed by atoms with Gasteiger partial charge in [0.2, 0.25) is 0 Å². The Morgan fingerprint density at radius 3 is 2.53 bits per heavy atom. The zero-order valence-corrected chi connectivity index (χ0v) is 13.1. The van der Waals surface area contributed by atoms with Crippen LogP contribution in [0.15, 0.2) is 4.47 Å². The average Bonchev–Trinajstić information content (AvgIpc) is 2.49. The highest BCUT2D eigenvalue weighted by molar-refractivity contribution is 9.10. The Morgan fingerprint density at radius 1 is 1.35 bits per heavy atom. The van der Waals surface area contributed by atoms with Crippen LogP contribution < -0.4 is 0 Å².